The Hall–Kier alpha value is -3.24. The van der Waals surface area contributed by atoms with Crippen LogP contribution in [0, 0.1) is 5.92 Å². The molecule has 1 spiro atoms. The standard InChI is InChI=1S/C28H23NO3/c30-26(18-7-1-2-8-18)25-24(22-14-6-16-32-22)21-13-5-15-29(21)28(25)20-12-4-10-17-9-3-11-19(23(17)20)27(28)31/h1-4,6-7,9-12,14,16,21,24-25H,5,8,13,15H2/t21?,24-,25+,28?/m0/s1. The maximum atomic E-state index is 14.4. The summed E-state index contributed by atoms with van der Waals surface area (Å²) in [6.07, 6.45) is 10.2. The first-order valence-corrected chi connectivity index (χ1v) is 11.5. The minimum Gasteiger partial charge on any atom is -0.469 e. The lowest BCUT2D eigenvalue weighted by molar-refractivity contribution is -0.122. The van der Waals surface area contributed by atoms with E-state index in [9.17, 15) is 9.59 Å². The summed E-state index contributed by atoms with van der Waals surface area (Å²) in [6.45, 7) is 0.819. The number of nitrogens with zero attached hydrogens (tertiary/aromatic N) is 1. The predicted molar refractivity (Wildman–Crippen MR) is 121 cm³/mol. The molecule has 2 aliphatic heterocycles. The number of hydrogen-bond donors (Lipinski definition) is 0. The number of fused-ring (bicyclic) bond motifs is 3. The summed E-state index contributed by atoms with van der Waals surface area (Å²) in [5.74, 6) is 0.337. The van der Waals surface area contributed by atoms with Crippen LogP contribution in [0.15, 0.2) is 83.0 Å². The number of carbonyl (C=O) groups is 2. The molecule has 3 heterocycles. The van der Waals surface area contributed by atoms with Crippen LogP contribution in [0.25, 0.3) is 10.8 Å². The highest BCUT2D eigenvalue weighted by Crippen LogP contribution is 2.62. The zero-order chi connectivity index (χ0) is 21.4. The highest BCUT2D eigenvalue weighted by molar-refractivity contribution is 6.22. The van der Waals surface area contributed by atoms with E-state index in [0.717, 1.165) is 52.6 Å². The maximum Gasteiger partial charge on any atom is 0.189 e. The number of allylic oxidation sites excluding steroid dienone is 4. The van der Waals surface area contributed by atoms with Crippen LogP contribution in [0.5, 0.6) is 0 Å². The van der Waals surface area contributed by atoms with E-state index in [1.165, 1.54) is 0 Å². The number of carbonyl (C=O) groups excluding carboxylic acids is 2. The second kappa shape index (κ2) is 6.39. The summed E-state index contributed by atoms with van der Waals surface area (Å²) in [5, 5.41) is 2.08. The van der Waals surface area contributed by atoms with Crippen molar-refractivity contribution in [3.8, 4) is 0 Å². The van der Waals surface area contributed by atoms with Crippen LogP contribution in [-0.4, -0.2) is 29.1 Å². The van der Waals surface area contributed by atoms with E-state index in [0.29, 0.717) is 6.42 Å². The fourth-order valence-corrected chi connectivity index (χ4v) is 7.05. The number of rotatable bonds is 3. The van der Waals surface area contributed by atoms with Gasteiger partial charge in [-0.3, -0.25) is 14.5 Å². The summed E-state index contributed by atoms with van der Waals surface area (Å²) in [6, 6.07) is 16.1. The molecule has 0 N–H and O–H groups in total. The summed E-state index contributed by atoms with van der Waals surface area (Å²) >= 11 is 0. The molecule has 2 saturated heterocycles. The van der Waals surface area contributed by atoms with Crippen molar-refractivity contribution in [3.63, 3.8) is 0 Å². The van der Waals surface area contributed by atoms with Crippen LogP contribution in [0.3, 0.4) is 0 Å². The molecule has 4 atom stereocenters. The molecule has 158 valence electrons. The van der Waals surface area contributed by atoms with Gasteiger partial charge < -0.3 is 4.42 Å². The van der Waals surface area contributed by atoms with Crippen LogP contribution in [0.1, 0.15) is 46.9 Å². The molecule has 4 nitrogen and oxygen atoms in total. The average molecular weight is 421 g/mol. The van der Waals surface area contributed by atoms with Crippen molar-refractivity contribution in [2.45, 2.75) is 36.8 Å². The van der Waals surface area contributed by atoms with Crippen molar-refractivity contribution in [3.05, 3.63) is 95.5 Å². The third kappa shape index (κ3) is 2.06. The van der Waals surface area contributed by atoms with Crippen molar-refractivity contribution in [2.75, 3.05) is 6.54 Å². The third-order valence-corrected chi connectivity index (χ3v) is 8.12. The van der Waals surface area contributed by atoms with Crippen LogP contribution < -0.4 is 0 Å². The van der Waals surface area contributed by atoms with E-state index >= 15 is 0 Å². The molecule has 3 aromatic rings. The van der Waals surface area contributed by atoms with Gasteiger partial charge in [0.15, 0.2) is 11.6 Å². The monoisotopic (exact) mass is 421 g/mol. The summed E-state index contributed by atoms with van der Waals surface area (Å²) < 4.78 is 5.93. The molecule has 2 fully saturated rings. The van der Waals surface area contributed by atoms with Crippen LogP contribution in [0.2, 0.25) is 0 Å². The van der Waals surface area contributed by atoms with E-state index in [1.807, 2.05) is 48.6 Å². The van der Waals surface area contributed by atoms with Crippen molar-refractivity contribution in [2.24, 2.45) is 5.92 Å². The molecule has 1 aromatic heterocycles. The lowest BCUT2D eigenvalue weighted by Gasteiger charge is -2.38. The molecule has 4 aliphatic rings. The number of hydrogen-bond acceptors (Lipinski definition) is 4. The Morgan fingerprint density at radius 2 is 1.97 bits per heavy atom. The topological polar surface area (TPSA) is 50.5 Å². The molecular weight excluding hydrogens is 398 g/mol. The Morgan fingerprint density at radius 3 is 2.75 bits per heavy atom. The molecule has 2 aromatic carbocycles. The van der Waals surface area contributed by atoms with Gasteiger partial charge in [-0.1, -0.05) is 54.6 Å². The van der Waals surface area contributed by atoms with Gasteiger partial charge in [0.1, 0.15) is 11.3 Å². The van der Waals surface area contributed by atoms with E-state index < -0.39 is 11.5 Å². The van der Waals surface area contributed by atoms with Crippen molar-refractivity contribution >= 4 is 22.3 Å². The SMILES string of the molecule is O=C(C1=CC=CC1)[C@H]1[C@H](c2ccco2)C2CCCN2C12C(=O)c1cccc3cccc2c13. The van der Waals surface area contributed by atoms with Gasteiger partial charge in [0.05, 0.1) is 12.2 Å². The summed E-state index contributed by atoms with van der Waals surface area (Å²) in [4.78, 5) is 31.0. The molecule has 0 saturated carbocycles. The number of ketones is 2. The van der Waals surface area contributed by atoms with Crippen molar-refractivity contribution < 1.29 is 14.0 Å². The van der Waals surface area contributed by atoms with Crippen molar-refractivity contribution in [1.82, 2.24) is 4.90 Å². The molecular formula is C28H23NO3. The Bertz CT molecular complexity index is 1340. The smallest absolute Gasteiger partial charge is 0.189 e. The minimum absolute atomic E-state index is 0.0789. The maximum absolute atomic E-state index is 14.4. The zero-order valence-corrected chi connectivity index (χ0v) is 17.7. The van der Waals surface area contributed by atoms with Gasteiger partial charge in [0.2, 0.25) is 0 Å². The van der Waals surface area contributed by atoms with Crippen LogP contribution in [-0.2, 0) is 10.3 Å². The Balaban J connectivity index is 1.54. The molecule has 0 radical (unpaired) electrons. The first-order valence-electron chi connectivity index (χ1n) is 11.5. The van der Waals surface area contributed by atoms with E-state index in [-0.39, 0.29) is 23.5 Å². The van der Waals surface area contributed by atoms with Crippen LogP contribution >= 0.6 is 0 Å². The number of furan rings is 1. The van der Waals surface area contributed by atoms with E-state index in [2.05, 4.69) is 23.1 Å². The highest BCUT2D eigenvalue weighted by Gasteiger charge is 2.69. The largest absolute Gasteiger partial charge is 0.469 e. The fraction of sp³-hybridized carbons (Fsp3) is 0.286. The van der Waals surface area contributed by atoms with Gasteiger partial charge >= 0.3 is 0 Å². The van der Waals surface area contributed by atoms with Gasteiger partial charge in [-0.05, 0) is 59.8 Å². The highest BCUT2D eigenvalue weighted by atomic mass is 16.3. The van der Waals surface area contributed by atoms with Crippen LogP contribution in [0.4, 0.5) is 0 Å². The third-order valence-electron chi connectivity index (χ3n) is 8.12. The quantitative estimate of drug-likeness (QED) is 0.586. The molecule has 0 amide bonds. The minimum atomic E-state index is -0.970. The van der Waals surface area contributed by atoms with E-state index in [4.69, 9.17) is 4.42 Å². The predicted octanol–water partition coefficient (Wildman–Crippen LogP) is 5.16. The molecule has 2 aliphatic carbocycles. The van der Waals surface area contributed by atoms with E-state index in [1.54, 1.807) is 6.26 Å². The Morgan fingerprint density at radius 1 is 1.09 bits per heavy atom. The van der Waals surface area contributed by atoms with Gasteiger partial charge in [-0.15, -0.1) is 0 Å². The van der Waals surface area contributed by atoms with Gasteiger partial charge in [0, 0.05) is 17.5 Å². The molecule has 32 heavy (non-hydrogen) atoms. The molecule has 4 heteroatoms. The second-order valence-corrected chi connectivity index (χ2v) is 9.42. The Labute approximate surface area is 186 Å². The summed E-state index contributed by atoms with van der Waals surface area (Å²) in [7, 11) is 0. The molecule has 7 rings (SSSR count). The number of benzene rings is 2. The average Bonchev–Trinajstić information content (AvgIpc) is 3.62. The first-order chi connectivity index (χ1) is 15.7. The van der Waals surface area contributed by atoms with Gasteiger partial charge in [-0.25, -0.2) is 0 Å². The second-order valence-electron chi connectivity index (χ2n) is 9.42. The fourth-order valence-electron chi connectivity index (χ4n) is 7.05. The van der Waals surface area contributed by atoms with Crippen molar-refractivity contribution in [1.29, 1.82) is 0 Å². The van der Waals surface area contributed by atoms with Gasteiger partial charge in [0.25, 0.3) is 0 Å². The first kappa shape index (κ1) is 18.3. The molecule has 0 bridgehead atoms. The van der Waals surface area contributed by atoms with Gasteiger partial charge in [-0.2, -0.15) is 0 Å². The summed E-state index contributed by atoms with van der Waals surface area (Å²) in [5.41, 5.74) is 1.58. The Kier molecular flexibility index (Phi) is 3.66. The normalized spacial score (nSPS) is 30.6. The lowest BCUT2D eigenvalue weighted by atomic mass is 9.69. The zero-order valence-electron chi connectivity index (χ0n) is 17.7. The lowest BCUT2D eigenvalue weighted by Crippen LogP contribution is -2.52. The number of Topliss-reactive ketones (excluding diaryl/α,β-unsaturated/α-hetero) is 2. The molecule has 2 unspecified atom stereocenters.